The van der Waals surface area contributed by atoms with Crippen molar-refractivity contribution in [2.45, 2.75) is 19.9 Å². The van der Waals surface area contributed by atoms with E-state index in [0.29, 0.717) is 28.4 Å². The third-order valence-electron chi connectivity index (χ3n) is 3.60. The number of esters is 1. The zero-order valence-electron chi connectivity index (χ0n) is 13.2. The lowest BCUT2D eigenvalue weighted by molar-refractivity contribution is -0.138. The minimum Gasteiger partial charge on any atom is -0.463 e. The van der Waals surface area contributed by atoms with Crippen LogP contribution in [0.2, 0.25) is 0 Å². The minimum atomic E-state index is -0.567. The maximum Gasteiger partial charge on any atom is 0.338 e. The maximum absolute atomic E-state index is 13.2. The summed E-state index contributed by atoms with van der Waals surface area (Å²) in [5.74, 6) is -0.191. The standard InChI is InChI=1S/C17H16FN3O2S/c1-3-23-17(22)14-10(2)20-16(13-8-24-9-19-13)21-15(14)11-4-6-12(18)7-5-11/h4-9,15H,3H2,1-2H3,(H,20,21)/t15-/m0/s1. The van der Waals surface area contributed by atoms with Crippen molar-refractivity contribution in [3.8, 4) is 0 Å². The van der Waals surface area contributed by atoms with Crippen LogP contribution >= 0.6 is 11.3 Å². The largest absolute Gasteiger partial charge is 0.463 e. The molecule has 0 unspecified atom stereocenters. The van der Waals surface area contributed by atoms with Gasteiger partial charge in [0.1, 0.15) is 17.6 Å². The fourth-order valence-corrected chi connectivity index (χ4v) is 3.03. The average Bonchev–Trinajstić information content (AvgIpc) is 3.09. The van der Waals surface area contributed by atoms with E-state index in [1.807, 2.05) is 5.38 Å². The topological polar surface area (TPSA) is 63.6 Å². The normalized spacial score (nSPS) is 17.3. The Bertz CT molecular complexity index is 798. The molecule has 1 aromatic heterocycles. The number of thiazole rings is 1. The predicted molar refractivity (Wildman–Crippen MR) is 90.3 cm³/mol. The number of carbonyl (C=O) groups is 1. The number of aliphatic imine (C=N–C) groups is 1. The highest BCUT2D eigenvalue weighted by atomic mass is 32.1. The molecule has 1 N–H and O–H groups in total. The van der Waals surface area contributed by atoms with Gasteiger partial charge in [0, 0.05) is 11.1 Å². The van der Waals surface area contributed by atoms with Crippen LogP contribution < -0.4 is 5.32 Å². The number of nitrogens with one attached hydrogen (secondary N) is 1. The molecule has 1 aromatic carbocycles. The first-order valence-corrected chi connectivity index (χ1v) is 8.41. The molecule has 3 rings (SSSR count). The van der Waals surface area contributed by atoms with Crippen LogP contribution in [0.5, 0.6) is 0 Å². The molecule has 24 heavy (non-hydrogen) atoms. The van der Waals surface area contributed by atoms with Crippen molar-refractivity contribution in [1.29, 1.82) is 0 Å². The molecule has 7 heteroatoms. The molecule has 0 fully saturated rings. The van der Waals surface area contributed by atoms with Gasteiger partial charge in [-0.3, -0.25) is 4.99 Å². The molecule has 1 aliphatic heterocycles. The van der Waals surface area contributed by atoms with E-state index in [1.54, 1.807) is 31.5 Å². The van der Waals surface area contributed by atoms with E-state index in [0.717, 1.165) is 0 Å². The van der Waals surface area contributed by atoms with Gasteiger partial charge in [-0.05, 0) is 31.5 Å². The average molecular weight is 345 g/mol. The number of nitrogens with zero attached hydrogens (tertiary/aromatic N) is 2. The van der Waals surface area contributed by atoms with Gasteiger partial charge in [-0.25, -0.2) is 14.2 Å². The summed E-state index contributed by atoms with van der Waals surface area (Å²) in [6.45, 7) is 3.82. The summed E-state index contributed by atoms with van der Waals surface area (Å²) in [6.07, 6.45) is 0. The van der Waals surface area contributed by atoms with Gasteiger partial charge < -0.3 is 10.1 Å². The molecule has 0 amide bonds. The molecule has 0 saturated heterocycles. The smallest absolute Gasteiger partial charge is 0.338 e. The molecule has 0 saturated carbocycles. The van der Waals surface area contributed by atoms with Crippen molar-refractivity contribution >= 4 is 23.1 Å². The van der Waals surface area contributed by atoms with Crippen LogP contribution in [-0.4, -0.2) is 23.4 Å². The zero-order valence-corrected chi connectivity index (χ0v) is 14.1. The third-order valence-corrected chi connectivity index (χ3v) is 4.18. The van der Waals surface area contributed by atoms with Gasteiger partial charge in [0.05, 0.1) is 17.7 Å². The second-order valence-electron chi connectivity index (χ2n) is 5.19. The Hall–Kier alpha value is -2.54. The lowest BCUT2D eigenvalue weighted by atomic mass is 9.96. The van der Waals surface area contributed by atoms with Gasteiger partial charge in [-0.1, -0.05) is 12.1 Å². The van der Waals surface area contributed by atoms with E-state index in [1.165, 1.54) is 23.5 Å². The van der Waals surface area contributed by atoms with E-state index in [4.69, 9.17) is 4.74 Å². The van der Waals surface area contributed by atoms with Crippen molar-refractivity contribution in [1.82, 2.24) is 10.3 Å². The molecule has 0 radical (unpaired) electrons. The minimum absolute atomic E-state index is 0.272. The predicted octanol–water partition coefficient (Wildman–Crippen LogP) is 3.21. The monoisotopic (exact) mass is 345 g/mol. The summed E-state index contributed by atoms with van der Waals surface area (Å²) >= 11 is 1.46. The van der Waals surface area contributed by atoms with Crippen LogP contribution in [0.15, 0.2) is 51.4 Å². The van der Waals surface area contributed by atoms with Crippen LogP contribution in [0.3, 0.4) is 0 Å². The number of aromatic nitrogens is 1. The van der Waals surface area contributed by atoms with E-state index >= 15 is 0 Å². The number of rotatable bonds is 4. The van der Waals surface area contributed by atoms with Crippen molar-refractivity contribution in [3.63, 3.8) is 0 Å². The van der Waals surface area contributed by atoms with Gasteiger partial charge in [-0.2, -0.15) is 0 Å². The summed E-state index contributed by atoms with van der Waals surface area (Å²) in [4.78, 5) is 21.3. The maximum atomic E-state index is 13.2. The second kappa shape index (κ2) is 6.92. The highest BCUT2D eigenvalue weighted by Gasteiger charge is 2.31. The SMILES string of the molecule is CCOC(=O)C1=C(C)NC(c2cscn2)=N[C@H]1c1ccc(F)cc1. The number of hydrogen-bond acceptors (Lipinski definition) is 6. The number of carbonyl (C=O) groups excluding carboxylic acids is 1. The Kier molecular flexibility index (Phi) is 4.71. The fraction of sp³-hybridized carbons (Fsp3) is 0.235. The molecule has 2 aromatic rings. The van der Waals surface area contributed by atoms with Crippen LogP contribution in [0.1, 0.15) is 31.1 Å². The quantitative estimate of drug-likeness (QED) is 0.864. The Morgan fingerprint density at radius 1 is 1.38 bits per heavy atom. The van der Waals surface area contributed by atoms with Crippen LogP contribution in [0.25, 0.3) is 0 Å². The lowest BCUT2D eigenvalue weighted by Crippen LogP contribution is -2.33. The van der Waals surface area contributed by atoms with Crippen LogP contribution in [0, 0.1) is 5.82 Å². The van der Waals surface area contributed by atoms with Crippen LogP contribution in [0.4, 0.5) is 4.39 Å². The second-order valence-corrected chi connectivity index (χ2v) is 5.91. The van der Waals surface area contributed by atoms with Crippen molar-refractivity contribution in [2.24, 2.45) is 4.99 Å². The van der Waals surface area contributed by atoms with Crippen LogP contribution in [-0.2, 0) is 9.53 Å². The number of benzene rings is 1. The number of amidine groups is 1. The Morgan fingerprint density at radius 2 is 2.12 bits per heavy atom. The first-order chi connectivity index (χ1) is 11.6. The zero-order chi connectivity index (χ0) is 17.1. The Morgan fingerprint density at radius 3 is 2.75 bits per heavy atom. The molecule has 0 bridgehead atoms. The first kappa shape index (κ1) is 16.3. The summed E-state index contributed by atoms with van der Waals surface area (Å²) in [5, 5.41) is 4.99. The molecule has 0 aliphatic carbocycles. The molecule has 1 atom stereocenters. The third kappa shape index (κ3) is 3.21. The number of hydrogen-bond donors (Lipinski definition) is 1. The van der Waals surface area contributed by atoms with Crippen molar-refractivity contribution in [2.75, 3.05) is 6.61 Å². The summed E-state index contributed by atoms with van der Waals surface area (Å²) < 4.78 is 18.4. The van der Waals surface area contributed by atoms with E-state index in [-0.39, 0.29) is 12.4 Å². The number of allylic oxidation sites excluding steroid dienone is 1. The summed E-state index contributed by atoms with van der Waals surface area (Å²) in [5.41, 5.74) is 4.21. The first-order valence-electron chi connectivity index (χ1n) is 7.47. The molecule has 1 aliphatic rings. The number of ether oxygens (including phenoxy) is 1. The van der Waals surface area contributed by atoms with Gasteiger partial charge in [0.15, 0.2) is 5.84 Å². The summed E-state index contributed by atoms with van der Waals surface area (Å²) in [7, 11) is 0. The molecule has 2 heterocycles. The van der Waals surface area contributed by atoms with E-state index < -0.39 is 12.0 Å². The van der Waals surface area contributed by atoms with Crippen molar-refractivity contribution in [3.05, 3.63) is 63.5 Å². The Labute approximate surface area is 142 Å². The molecular weight excluding hydrogens is 329 g/mol. The molecule has 5 nitrogen and oxygen atoms in total. The highest BCUT2D eigenvalue weighted by Crippen LogP contribution is 2.32. The number of halogens is 1. The molecular formula is C17H16FN3O2S. The van der Waals surface area contributed by atoms with E-state index in [2.05, 4.69) is 15.3 Å². The molecule has 0 spiro atoms. The van der Waals surface area contributed by atoms with Gasteiger partial charge in [0.25, 0.3) is 0 Å². The highest BCUT2D eigenvalue weighted by molar-refractivity contribution is 7.07. The van der Waals surface area contributed by atoms with Gasteiger partial charge in [0.2, 0.25) is 0 Å². The lowest BCUT2D eigenvalue weighted by Gasteiger charge is -2.25. The summed E-state index contributed by atoms with van der Waals surface area (Å²) in [6, 6.07) is 5.39. The Balaban J connectivity index is 2.06. The molecule has 124 valence electrons. The van der Waals surface area contributed by atoms with Crippen molar-refractivity contribution < 1.29 is 13.9 Å². The van der Waals surface area contributed by atoms with Gasteiger partial charge in [-0.15, -0.1) is 11.3 Å². The van der Waals surface area contributed by atoms with Gasteiger partial charge >= 0.3 is 5.97 Å². The van der Waals surface area contributed by atoms with E-state index in [9.17, 15) is 9.18 Å². The fourth-order valence-electron chi connectivity index (χ4n) is 2.50.